The molecule has 3 heterocycles. The fourth-order valence-corrected chi connectivity index (χ4v) is 4.72. The normalized spacial score (nSPS) is 15.0. The lowest BCUT2D eigenvalue weighted by Crippen LogP contribution is -2.42. The molecule has 2 aromatic heterocycles. The molecule has 1 N–H and O–H groups in total. The molecule has 1 amide bonds. The lowest BCUT2D eigenvalue weighted by molar-refractivity contribution is -0.133. The van der Waals surface area contributed by atoms with E-state index < -0.39 is 0 Å². The number of amides is 1. The van der Waals surface area contributed by atoms with Gasteiger partial charge in [-0.15, -0.1) is 11.3 Å². The molecule has 0 unspecified atom stereocenters. The SMILES string of the molecule is COCCC(=O)N1CCC(Nc2ncnc3cc(-c4ccc(Cl)cc4)sc23)CC1. The minimum absolute atomic E-state index is 0.167. The number of carbonyl (C=O) groups is 1. The fraction of sp³-hybridized carbons (Fsp3) is 0.381. The molecule has 152 valence electrons. The van der Waals surface area contributed by atoms with Crippen LogP contribution in [-0.2, 0) is 9.53 Å². The quantitative estimate of drug-likeness (QED) is 0.625. The van der Waals surface area contributed by atoms with E-state index in [0.29, 0.717) is 19.1 Å². The molecule has 1 aromatic carbocycles. The molecule has 4 rings (SSSR count). The van der Waals surface area contributed by atoms with Crippen LogP contribution in [0.2, 0.25) is 5.02 Å². The number of hydrogen-bond donors (Lipinski definition) is 1. The molecule has 0 saturated carbocycles. The van der Waals surface area contributed by atoms with Gasteiger partial charge in [0.25, 0.3) is 0 Å². The number of thiophene rings is 1. The summed E-state index contributed by atoms with van der Waals surface area (Å²) in [5.41, 5.74) is 2.05. The predicted octanol–water partition coefficient (Wildman–Crippen LogP) is 4.45. The van der Waals surface area contributed by atoms with Gasteiger partial charge in [0.2, 0.25) is 5.91 Å². The first kappa shape index (κ1) is 20.1. The van der Waals surface area contributed by atoms with Crippen molar-refractivity contribution in [3.8, 4) is 10.4 Å². The van der Waals surface area contributed by atoms with E-state index in [9.17, 15) is 4.79 Å². The fourth-order valence-electron chi connectivity index (χ4n) is 3.53. The standard InChI is InChI=1S/C21H23ClN4O2S/c1-28-11-8-19(27)26-9-6-16(7-10-26)25-21-20-17(23-13-24-21)12-18(29-20)14-2-4-15(22)5-3-14/h2-5,12-13,16H,6-11H2,1H3,(H,23,24,25). The first-order valence-electron chi connectivity index (χ1n) is 9.68. The number of fused-ring (bicyclic) bond motifs is 1. The minimum atomic E-state index is 0.167. The highest BCUT2D eigenvalue weighted by Crippen LogP contribution is 2.36. The number of likely N-dealkylation sites (tertiary alicyclic amines) is 1. The highest BCUT2D eigenvalue weighted by atomic mass is 35.5. The van der Waals surface area contributed by atoms with Gasteiger partial charge in [0.15, 0.2) is 0 Å². The zero-order valence-corrected chi connectivity index (χ0v) is 17.8. The summed E-state index contributed by atoms with van der Waals surface area (Å²) in [4.78, 5) is 24.1. The van der Waals surface area contributed by atoms with Gasteiger partial charge < -0.3 is 15.0 Å². The molecule has 8 heteroatoms. The van der Waals surface area contributed by atoms with E-state index in [1.54, 1.807) is 24.8 Å². The summed E-state index contributed by atoms with van der Waals surface area (Å²) < 4.78 is 6.06. The van der Waals surface area contributed by atoms with Crippen LogP contribution < -0.4 is 5.32 Å². The third-order valence-corrected chi connectivity index (χ3v) is 6.58. The molecule has 0 radical (unpaired) electrons. The summed E-state index contributed by atoms with van der Waals surface area (Å²) in [6.45, 7) is 1.99. The summed E-state index contributed by atoms with van der Waals surface area (Å²) in [5.74, 6) is 1.03. The van der Waals surface area contributed by atoms with Crippen molar-refractivity contribution >= 4 is 44.9 Å². The van der Waals surface area contributed by atoms with Crippen molar-refractivity contribution in [2.24, 2.45) is 0 Å². The van der Waals surface area contributed by atoms with Crippen molar-refractivity contribution in [1.29, 1.82) is 0 Å². The van der Waals surface area contributed by atoms with Crippen molar-refractivity contribution in [1.82, 2.24) is 14.9 Å². The van der Waals surface area contributed by atoms with Crippen molar-refractivity contribution in [3.63, 3.8) is 0 Å². The van der Waals surface area contributed by atoms with E-state index in [-0.39, 0.29) is 5.91 Å². The van der Waals surface area contributed by atoms with Crippen LogP contribution in [-0.4, -0.2) is 53.6 Å². The molecule has 1 saturated heterocycles. The van der Waals surface area contributed by atoms with Crippen LogP contribution in [0.1, 0.15) is 19.3 Å². The number of piperidine rings is 1. The maximum Gasteiger partial charge on any atom is 0.224 e. The van der Waals surface area contributed by atoms with E-state index >= 15 is 0 Å². The van der Waals surface area contributed by atoms with E-state index in [2.05, 4.69) is 21.4 Å². The number of benzene rings is 1. The molecule has 6 nitrogen and oxygen atoms in total. The van der Waals surface area contributed by atoms with Crippen molar-refractivity contribution in [3.05, 3.63) is 41.7 Å². The Morgan fingerprint density at radius 2 is 2.03 bits per heavy atom. The Kier molecular flexibility index (Phi) is 6.28. The molecule has 3 aromatic rings. The second-order valence-electron chi connectivity index (χ2n) is 7.10. The third kappa shape index (κ3) is 4.69. The monoisotopic (exact) mass is 430 g/mol. The zero-order chi connectivity index (χ0) is 20.2. The summed E-state index contributed by atoms with van der Waals surface area (Å²) in [6.07, 6.45) is 3.86. The number of halogens is 1. The van der Waals surface area contributed by atoms with Gasteiger partial charge in [0, 0.05) is 36.1 Å². The predicted molar refractivity (Wildman–Crippen MR) is 118 cm³/mol. The highest BCUT2D eigenvalue weighted by Gasteiger charge is 2.23. The largest absolute Gasteiger partial charge is 0.384 e. The average Bonchev–Trinajstić information content (AvgIpc) is 3.18. The van der Waals surface area contributed by atoms with Crippen molar-refractivity contribution in [2.45, 2.75) is 25.3 Å². The van der Waals surface area contributed by atoms with Gasteiger partial charge >= 0.3 is 0 Å². The van der Waals surface area contributed by atoms with Crippen LogP contribution in [0.5, 0.6) is 0 Å². The second kappa shape index (κ2) is 9.07. The van der Waals surface area contributed by atoms with Gasteiger partial charge in [-0.25, -0.2) is 9.97 Å². The molecule has 1 aliphatic rings. The number of carbonyl (C=O) groups excluding carboxylic acids is 1. The Morgan fingerprint density at radius 1 is 1.28 bits per heavy atom. The Morgan fingerprint density at radius 3 is 2.76 bits per heavy atom. The number of nitrogens with zero attached hydrogens (tertiary/aromatic N) is 3. The lowest BCUT2D eigenvalue weighted by atomic mass is 10.0. The van der Waals surface area contributed by atoms with Crippen LogP contribution in [0.3, 0.4) is 0 Å². The summed E-state index contributed by atoms with van der Waals surface area (Å²) in [5, 5.41) is 4.30. The first-order chi connectivity index (χ1) is 14.1. The van der Waals surface area contributed by atoms with Gasteiger partial charge in [-0.2, -0.15) is 0 Å². The molecular formula is C21H23ClN4O2S. The molecule has 0 atom stereocenters. The highest BCUT2D eigenvalue weighted by molar-refractivity contribution is 7.22. The Bertz CT molecular complexity index is 984. The molecule has 29 heavy (non-hydrogen) atoms. The average molecular weight is 431 g/mol. The van der Waals surface area contributed by atoms with Gasteiger partial charge in [0.05, 0.1) is 23.2 Å². The third-order valence-electron chi connectivity index (χ3n) is 5.15. The van der Waals surface area contributed by atoms with Crippen LogP contribution in [0.4, 0.5) is 5.82 Å². The van der Waals surface area contributed by atoms with E-state index in [1.807, 2.05) is 29.2 Å². The number of anilines is 1. The number of rotatable bonds is 6. The van der Waals surface area contributed by atoms with E-state index in [0.717, 1.165) is 57.4 Å². The maximum atomic E-state index is 12.2. The summed E-state index contributed by atoms with van der Waals surface area (Å²) in [6, 6.07) is 10.2. The molecule has 0 spiro atoms. The number of ether oxygens (including phenoxy) is 1. The number of methoxy groups -OCH3 is 1. The summed E-state index contributed by atoms with van der Waals surface area (Å²) in [7, 11) is 1.62. The van der Waals surface area contributed by atoms with E-state index in [4.69, 9.17) is 16.3 Å². The zero-order valence-electron chi connectivity index (χ0n) is 16.2. The molecular weight excluding hydrogens is 408 g/mol. The topological polar surface area (TPSA) is 67.3 Å². The molecule has 0 aliphatic carbocycles. The molecule has 1 aliphatic heterocycles. The van der Waals surface area contributed by atoms with Crippen LogP contribution in [0.15, 0.2) is 36.7 Å². The number of hydrogen-bond acceptors (Lipinski definition) is 6. The van der Waals surface area contributed by atoms with Crippen LogP contribution >= 0.6 is 22.9 Å². The lowest BCUT2D eigenvalue weighted by Gasteiger charge is -2.32. The van der Waals surface area contributed by atoms with Crippen molar-refractivity contribution in [2.75, 3.05) is 32.1 Å². The molecule has 0 bridgehead atoms. The Hall–Kier alpha value is -2.22. The minimum Gasteiger partial charge on any atom is -0.384 e. The van der Waals surface area contributed by atoms with Crippen LogP contribution in [0.25, 0.3) is 20.7 Å². The Labute approximate surface area is 178 Å². The van der Waals surface area contributed by atoms with Gasteiger partial charge in [-0.05, 0) is 36.6 Å². The maximum absolute atomic E-state index is 12.2. The van der Waals surface area contributed by atoms with Gasteiger partial charge in [0.1, 0.15) is 12.1 Å². The van der Waals surface area contributed by atoms with Gasteiger partial charge in [-0.3, -0.25) is 4.79 Å². The van der Waals surface area contributed by atoms with E-state index in [1.165, 1.54) is 0 Å². The molecule has 1 fully saturated rings. The first-order valence-corrected chi connectivity index (χ1v) is 10.9. The second-order valence-corrected chi connectivity index (χ2v) is 8.59. The Balaban J connectivity index is 1.45. The van der Waals surface area contributed by atoms with Crippen LogP contribution in [0, 0.1) is 0 Å². The van der Waals surface area contributed by atoms with Gasteiger partial charge in [-0.1, -0.05) is 23.7 Å². The number of aromatic nitrogens is 2. The van der Waals surface area contributed by atoms with Crippen molar-refractivity contribution < 1.29 is 9.53 Å². The summed E-state index contributed by atoms with van der Waals surface area (Å²) >= 11 is 7.68. The smallest absolute Gasteiger partial charge is 0.224 e. The number of nitrogens with one attached hydrogen (secondary N) is 1.